The van der Waals surface area contributed by atoms with E-state index in [0.29, 0.717) is 17.1 Å². The smallest absolute Gasteiger partial charge is 0.244 e. The van der Waals surface area contributed by atoms with Crippen LogP contribution in [0.25, 0.3) is 0 Å². The van der Waals surface area contributed by atoms with E-state index in [9.17, 15) is 8.42 Å². The summed E-state index contributed by atoms with van der Waals surface area (Å²) in [7, 11) is -0.379. The molecule has 0 aliphatic heterocycles. The lowest BCUT2D eigenvalue weighted by atomic mass is 10.3. The maximum Gasteiger partial charge on any atom is 0.244 e. The van der Waals surface area contributed by atoms with Crippen LogP contribution in [-0.4, -0.2) is 56.6 Å². The first-order chi connectivity index (χ1) is 9.50. The second kappa shape index (κ2) is 8.51. The van der Waals surface area contributed by atoms with Crippen molar-refractivity contribution in [3.8, 4) is 0 Å². The van der Waals surface area contributed by atoms with Crippen LogP contribution in [0.15, 0.2) is 29.2 Å². The lowest BCUT2D eigenvalue weighted by molar-refractivity contribution is 0.296. The number of thioether (sulfide) groups is 1. The van der Waals surface area contributed by atoms with Gasteiger partial charge in [0.2, 0.25) is 10.0 Å². The summed E-state index contributed by atoms with van der Waals surface area (Å²) in [6.07, 6.45) is 0.788. The van der Waals surface area contributed by atoms with E-state index in [-0.39, 0.29) is 6.61 Å². The predicted molar refractivity (Wildman–Crippen MR) is 84.8 cm³/mol. The summed E-state index contributed by atoms with van der Waals surface area (Å²) in [6.45, 7) is 0.903. The number of nitrogens with one attached hydrogen (secondary N) is 1. The average molecular weight is 318 g/mol. The largest absolute Gasteiger partial charge is 0.396 e. The second-order valence-corrected chi connectivity index (χ2v) is 7.74. The maximum atomic E-state index is 12.2. The number of aliphatic hydroxyl groups excluding tert-OH is 1. The first kappa shape index (κ1) is 17.3. The number of benzene rings is 1. The summed E-state index contributed by atoms with van der Waals surface area (Å²) in [5, 5.41) is 11.8. The van der Waals surface area contributed by atoms with Gasteiger partial charge in [-0.2, -0.15) is 11.8 Å². The van der Waals surface area contributed by atoms with Gasteiger partial charge in [-0.15, -0.1) is 0 Å². The summed E-state index contributed by atoms with van der Waals surface area (Å²) in [5.74, 6) is 1.78. The number of hydrogen-bond acceptors (Lipinski definition) is 5. The van der Waals surface area contributed by atoms with Crippen molar-refractivity contribution in [2.75, 3.05) is 44.1 Å². The van der Waals surface area contributed by atoms with Gasteiger partial charge in [-0.05, 0) is 24.3 Å². The first-order valence-electron chi connectivity index (χ1n) is 6.44. The van der Waals surface area contributed by atoms with Crippen LogP contribution in [0.1, 0.15) is 6.42 Å². The van der Waals surface area contributed by atoms with Gasteiger partial charge in [0.05, 0.1) is 5.69 Å². The van der Waals surface area contributed by atoms with E-state index in [0.717, 1.165) is 17.9 Å². The third-order valence-electron chi connectivity index (χ3n) is 2.65. The summed E-state index contributed by atoms with van der Waals surface area (Å²) in [6, 6.07) is 6.92. The standard InChI is InChI=1S/C13H22N2O3S2/c1-15(2)20(17,18)13-7-4-3-6-12(13)14-8-11-19-10-5-9-16/h3-4,6-7,14,16H,5,8-11H2,1-2H3. The molecule has 0 amide bonds. The fraction of sp³-hybridized carbons (Fsp3) is 0.538. The lowest BCUT2D eigenvalue weighted by Crippen LogP contribution is -2.23. The van der Waals surface area contributed by atoms with Crippen molar-refractivity contribution in [3.05, 3.63) is 24.3 Å². The Morgan fingerprint density at radius 1 is 1.25 bits per heavy atom. The van der Waals surface area contributed by atoms with Gasteiger partial charge in [0.1, 0.15) is 4.90 Å². The Morgan fingerprint density at radius 2 is 1.95 bits per heavy atom. The van der Waals surface area contributed by atoms with Crippen LogP contribution in [0.5, 0.6) is 0 Å². The van der Waals surface area contributed by atoms with Crippen molar-refractivity contribution in [1.82, 2.24) is 4.31 Å². The third kappa shape index (κ3) is 4.97. The molecule has 0 saturated heterocycles. The Balaban J connectivity index is 2.63. The highest BCUT2D eigenvalue weighted by Gasteiger charge is 2.20. The van der Waals surface area contributed by atoms with Gasteiger partial charge in [0, 0.05) is 33.0 Å². The molecular weight excluding hydrogens is 296 g/mol. The summed E-state index contributed by atoms with van der Waals surface area (Å²) in [4.78, 5) is 0.297. The normalized spacial score (nSPS) is 11.8. The number of anilines is 1. The molecule has 1 aromatic carbocycles. The number of rotatable bonds is 9. The molecule has 0 spiro atoms. The highest BCUT2D eigenvalue weighted by Crippen LogP contribution is 2.23. The van der Waals surface area contributed by atoms with Crippen molar-refractivity contribution in [2.24, 2.45) is 0 Å². The minimum Gasteiger partial charge on any atom is -0.396 e. The number of aliphatic hydroxyl groups is 1. The fourth-order valence-electron chi connectivity index (χ4n) is 1.56. The van der Waals surface area contributed by atoms with Crippen LogP contribution in [0.2, 0.25) is 0 Å². The SMILES string of the molecule is CN(C)S(=O)(=O)c1ccccc1NCCSCCCO. The van der Waals surface area contributed by atoms with Crippen molar-refractivity contribution < 1.29 is 13.5 Å². The van der Waals surface area contributed by atoms with Crippen LogP contribution in [-0.2, 0) is 10.0 Å². The van der Waals surface area contributed by atoms with Crippen molar-refractivity contribution in [1.29, 1.82) is 0 Å². The molecule has 0 heterocycles. The molecule has 2 N–H and O–H groups in total. The molecule has 114 valence electrons. The van der Waals surface area contributed by atoms with Gasteiger partial charge in [0.15, 0.2) is 0 Å². The van der Waals surface area contributed by atoms with Gasteiger partial charge in [-0.1, -0.05) is 12.1 Å². The van der Waals surface area contributed by atoms with E-state index in [4.69, 9.17) is 5.11 Å². The van der Waals surface area contributed by atoms with E-state index < -0.39 is 10.0 Å². The molecule has 20 heavy (non-hydrogen) atoms. The summed E-state index contributed by atoms with van der Waals surface area (Å²) >= 11 is 1.73. The zero-order valence-electron chi connectivity index (χ0n) is 11.9. The molecule has 0 bridgehead atoms. The molecule has 0 fully saturated rings. The van der Waals surface area contributed by atoms with Crippen LogP contribution in [0, 0.1) is 0 Å². The number of nitrogens with zero attached hydrogens (tertiary/aromatic N) is 1. The minimum absolute atomic E-state index is 0.213. The molecule has 5 nitrogen and oxygen atoms in total. The number of para-hydroxylation sites is 1. The summed E-state index contributed by atoms with van der Waals surface area (Å²) < 4.78 is 25.6. The Labute approximate surface area is 125 Å². The second-order valence-electron chi connectivity index (χ2n) is 4.40. The zero-order valence-corrected chi connectivity index (χ0v) is 13.5. The molecule has 1 aromatic rings. The quantitative estimate of drug-likeness (QED) is 0.675. The van der Waals surface area contributed by atoms with Crippen LogP contribution < -0.4 is 5.32 Å². The van der Waals surface area contributed by atoms with Crippen LogP contribution in [0.4, 0.5) is 5.69 Å². The van der Waals surface area contributed by atoms with E-state index in [1.165, 1.54) is 18.4 Å². The Kier molecular flexibility index (Phi) is 7.36. The van der Waals surface area contributed by atoms with E-state index in [2.05, 4.69) is 5.32 Å². The third-order valence-corrected chi connectivity index (χ3v) is 5.60. The van der Waals surface area contributed by atoms with Crippen molar-refractivity contribution in [2.45, 2.75) is 11.3 Å². The van der Waals surface area contributed by atoms with Gasteiger partial charge in [0.25, 0.3) is 0 Å². The average Bonchev–Trinajstić information content (AvgIpc) is 2.43. The number of sulfonamides is 1. The van der Waals surface area contributed by atoms with Gasteiger partial charge in [-0.3, -0.25) is 0 Å². The van der Waals surface area contributed by atoms with Gasteiger partial charge in [-0.25, -0.2) is 12.7 Å². The molecule has 0 unspecified atom stereocenters. The summed E-state index contributed by atoms with van der Waals surface area (Å²) in [5.41, 5.74) is 0.629. The van der Waals surface area contributed by atoms with Crippen molar-refractivity contribution >= 4 is 27.5 Å². The molecule has 1 rings (SSSR count). The molecule has 0 radical (unpaired) electrons. The zero-order chi connectivity index (χ0) is 15.0. The Bertz CT molecular complexity index is 504. The van der Waals surface area contributed by atoms with E-state index in [1.54, 1.807) is 30.0 Å². The van der Waals surface area contributed by atoms with Gasteiger partial charge >= 0.3 is 0 Å². The molecule has 0 aromatic heterocycles. The van der Waals surface area contributed by atoms with Gasteiger partial charge < -0.3 is 10.4 Å². The van der Waals surface area contributed by atoms with Crippen LogP contribution >= 0.6 is 11.8 Å². The predicted octanol–water partition coefficient (Wildman–Crippen LogP) is 1.46. The first-order valence-corrected chi connectivity index (χ1v) is 9.03. The minimum atomic E-state index is -3.43. The lowest BCUT2D eigenvalue weighted by Gasteiger charge is -2.16. The molecule has 0 saturated carbocycles. The topological polar surface area (TPSA) is 69.6 Å². The molecule has 7 heteroatoms. The Hall–Kier alpha value is -0.760. The Morgan fingerprint density at radius 3 is 2.60 bits per heavy atom. The molecule has 0 atom stereocenters. The molecular formula is C13H22N2O3S2. The molecule has 0 aliphatic rings. The monoisotopic (exact) mass is 318 g/mol. The van der Waals surface area contributed by atoms with E-state index >= 15 is 0 Å². The molecule has 0 aliphatic carbocycles. The number of hydrogen-bond donors (Lipinski definition) is 2. The van der Waals surface area contributed by atoms with Crippen molar-refractivity contribution in [3.63, 3.8) is 0 Å². The maximum absolute atomic E-state index is 12.2. The highest BCUT2D eigenvalue weighted by atomic mass is 32.2. The van der Waals surface area contributed by atoms with Crippen LogP contribution in [0.3, 0.4) is 0 Å². The van der Waals surface area contributed by atoms with E-state index in [1.807, 2.05) is 6.07 Å². The fourth-order valence-corrected chi connectivity index (χ4v) is 3.41. The highest BCUT2D eigenvalue weighted by molar-refractivity contribution is 7.99.